The van der Waals surface area contributed by atoms with Gasteiger partial charge >= 0.3 is 6.09 Å². The Balaban J connectivity index is 1.11. The number of para-hydroxylation sites is 1. The van der Waals surface area contributed by atoms with Crippen molar-refractivity contribution in [2.24, 2.45) is 0 Å². The predicted molar refractivity (Wildman–Crippen MR) is 115 cm³/mol. The Morgan fingerprint density at radius 3 is 2.68 bits per heavy atom. The van der Waals surface area contributed by atoms with Crippen molar-refractivity contribution in [3.63, 3.8) is 0 Å². The van der Waals surface area contributed by atoms with E-state index in [4.69, 9.17) is 9.15 Å². The molecule has 0 radical (unpaired) electrons. The van der Waals surface area contributed by atoms with Crippen molar-refractivity contribution in [3.05, 3.63) is 46.7 Å². The molecule has 0 saturated carbocycles. The lowest BCUT2D eigenvalue weighted by molar-refractivity contribution is 0.0833. The average Bonchev–Trinajstić information content (AvgIpc) is 3.38. The lowest BCUT2D eigenvalue weighted by atomic mass is 10.2. The van der Waals surface area contributed by atoms with Crippen LogP contribution in [0.3, 0.4) is 0 Å². The van der Waals surface area contributed by atoms with Gasteiger partial charge in [0.25, 0.3) is 5.91 Å². The van der Waals surface area contributed by atoms with Crippen LogP contribution in [-0.4, -0.2) is 70.7 Å². The molecule has 2 aromatic heterocycles. The van der Waals surface area contributed by atoms with Gasteiger partial charge < -0.3 is 9.15 Å². The molecule has 1 aromatic carbocycles. The van der Waals surface area contributed by atoms with Gasteiger partial charge in [0.1, 0.15) is 22.8 Å². The highest BCUT2D eigenvalue weighted by atomic mass is 32.1. The number of carbonyl (C=O) groups is 2. The Kier molecular flexibility index (Phi) is 6.75. The third kappa shape index (κ3) is 5.57. The molecule has 0 bridgehead atoms. The van der Waals surface area contributed by atoms with E-state index in [1.807, 2.05) is 18.2 Å². The molecule has 164 valence electrons. The zero-order valence-corrected chi connectivity index (χ0v) is 18.0. The largest absolute Gasteiger partial charge is 0.460 e. The van der Waals surface area contributed by atoms with Crippen LogP contribution in [0.25, 0.3) is 11.0 Å². The van der Waals surface area contributed by atoms with Crippen molar-refractivity contribution in [2.45, 2.75) is 13.5 Å². The van der Waals surface area contributed by atoms with Crippen LogP contribution < -0.4 is 10.9 Å². The van der Waals surface area contributed by atoms with Crippen LogP contribution in [0.1, 0.15) is 21.1 Å². The van der Waals surface area contributed by atoms with Crippen molar-refractivity contribution in [1.82, 2.24) is 30.2 Å². The van der Waals surface area contributed by atoms with Crippen molar-refractivity contribution >= 4 is 34.5 Å². The van der Waals surface area contributed by atoms with Gasteiger partial charge in [-0.25, -0.2) is 10.2 Å². The Morgan fingerprint density at radius 1 is 1.16 bits per heavy atom. The number of furan rings is 1. The molecule has 31 heavy (non-hydrogen) atoms. The van der Waals surface area contributed by atoms with E-state index in [1.54, 1.807) is 6.92 Å². The number of aromatic nitrogens is 2. The Bertz CT molecular complexity index is 1010. The molecular weight excluding hydrogens is 420 g/mol. The first-order valence-electron chi connectivity index (χ1n) is 10.0. The highest BCUT2D eigenvalue weighted by Gasteiger charge is 2.19. The molecule has 3 heterocycles. The number of amides is 2. The summed E-state index contributed by atoms with van der Waals surface area (Å²) >= 11 is 0.966. The number of benzene rings is 1. The van der Waals surface area contributed by atoms with Gasteiger partial charge in [-0.05, 0) is 30.6 Å². The minimum Gasteiger partial charge on any atom is -0.460 e. The summed E-state index contributed by atoms with van der Waals surface area (Å²) in [7, 11) is 0. The fraction of sp³-hybridized carbons (Fsp3) is 0.400. The SMILES string of the molecule is Cc1nnsc1C(=O)NNC(=O)OCCN1CCN(Cc2cc3ccccc3o2)CC1. The number of nitrogens with zero attached hydrogens (tertiary/aromatic N) is 4. The molecule has 10 nitrogen and oxygen atoms in total. The summed E-state index contributed by atoms with van der Waals surface area (Å²) in [5.74, 6) is 0.506. The number of hydrogen-bond donors (Lipinski definition) is 2. The van der Waals surface area contributed by atoms with Crippen molar-refractivity contribution < 1.29 is 18.7 Å². The molecule has 1 fully saturated rings. The molecular formula is C20H24N6O4S. The fourth-order valence-electron chi connectivity index (χ4n) is 3.41. The lowest BCUT2D eigenvalue weighted by Crippen LogP contribution is -2.47. The maximum Gasteiger partial charge on any atom is 0.426 e. The van der Waals surface area contributed by atoms with Crippen molar-refractivity contribution in [2.75, 3.05) is 39.3 Å². The molecule has 0 aliphatic carbocycles. The Hall–Kier alpha value is -3.02. The van der Waals surface area contributed by atoms with Crippen molar-refractivity contribution in [1.29, 1.82) is 0 Å². The lowest BCUT2D eigenvalue weighted by Gasteiger charge is -2.33. The first-order valence-corrected chi connectivity index (χ1v) is 10.8. The molecule has 1 aliphatic rings. The Morgan fingerprint density at radius 2 is 1.94 bits per heavy atom. The molecule has 1 aliphatic heterocycles. The summed E-state index contributed by atoms with van der Waals surface area (Å²) in [5.41, 5.74) is 5.95. The van der Waals surface area contributed by atoms with E-state index in [0.29, 0.717) is 17.1 Å². The van der Waals surface area contributed by atoms with E-state index in [2.05, 4.69) is 42.4 Å². The van der Waals surface area contributed by atoms with Crippen LogP contribution in [0.2, 0.25) is 0 Å². The molecule has 0 atom stereocenters. The number of hydrogen-bond acceptors (Lipinski definition) is 9. The average molecular weight is 445 g/mol. The summed E-state index contributed by atoms with van der Waals surface area (Å²) in [4.78, 5) is 28.6. The molecule has 0 spiro atoms. The number of carbonyl (C=O) groups excluding carboxylic acids is 2. The maximum atomic E-state index is 11.9. The quantitative estimate of drug-likeness (QED) is 0.553. The van der Waals surface area contributed by atoms with E-state index in [1.165, 1.54) is 0 Å². The van der Waals surface area contributed by atoms with Gasteiger partial charge in [0.05, 0.1) is 12.2 Å². The molecule has 2 amide bonds. The smallest absolute Gasteiger partial charge is 0.426 e. The minimum atomic E-state index is -0.702. The standard InChI is InChI=1S/C20H24N6O4S/c1-14-18(31-24-21-14)19(27)22-23-20(28)29-11-10-25-6-8-26(9-7-25)13-16-12-15-4-2-3-5-17(15)30-16/h2-5,12H,6-11,13H2,1H3,(H,22,27)(H,23,28). The fourth-order valence-corrected chi connectivity index (χ4v) is 3.97. The van der Waals surface area contributed by atoms with E-state index in [-0.39, 0.29) is 6.61 Å². The van der Waals surface area contributed by atoms with Crippen LogP contribution in [0, 0.1) is 6.92 Å². The van der Waals surface area contributed by atoms with Gasteiger partial charge in [0, 0.05) is 38.1 Å². The van der Waals surface area contributed by atoms with Crippen LogP contribution in [0.4, 0.5) is 4.79 Å². The monoisotopic (exact) mass is 444 g/mol. The van der Waals surface area contributed by atoms with E-state index < -0.39 is 12.0 Å². The number of aryl methyl sites for hydroxylation is 1. The van der Waals surface area contributed by atoms with Crippen LogP contribution in [-0.2, 0) is 11.3 Å². The van der Waals surface area contributed by atoms with Gasteiger partial charge in [-0.1, -0.05) is 22.7 Å². The number of hydrazine groups is 1. The van der Waals surface area contributed by atoms with Gasteiger partial charge in [-0.2, -0.15) is 0 Å². The maximum absolute atomic E-state index is 11.9. The van der Waals surface area contributed by atoms with Crippen LogP contribution in [0.15, 0.2) is 34.7 Å². The second-order valence-corrected chi connectivity index (χ2v) is 8.02. The molecule has 4 rings (SSSR count). The third-order valence-corrected chi connectivity index (χ3v) is 5.92. The van der Waals surface area contributed by atoms with E-state index in [0.717, 1.165) is 61.0 Å². The number of nitrogens with one attached hydrogen (secondary N) is 2. The zero-order valence-electron chi connectivity index (χ0n) is 17.2. The highest BCUT2D eigenvalue weighted by molar-refractivity contribution is 7.07. The molecule has 0 unspecified atom stereocenters. The Labute approximate surface area is 183 Å². The first kappa shape index (κ1) is 21.2. The number of piperazine rings is 1. The molecule has 1 saturated heterocycles. The minimum absolute atomic E-state index is 0.242. The molecule has 3 aromatic rings. The van der Waals surface area contributed by atoms with Gasteiger partial charge in [-0.3, -0.25) is 20.0 Å². The summed E-state index contributed by atoms with van der Waals surface area (Å²) in [6.07, 6.45) is -0.702. The number of fused-ring (bicyclic) bond motifs is 1. The third-order valence-electron chi connectivity index (χ3n) is 5.10. The first-order chi connectivity index (χ1) is 15.1. The van der Waals surface area contributed by atoms with E-state index in [9.17, 15) is 9.59 Å². The summed E-state index contributed by atoms with van der Waals surface area (Å²) in [6, 6.07) is 10.1. The number of rotatable bonds is 6. The van der Waals surface area contributed by atoms with Gasteiger partial charge in [-0.15, -0.1) is 5.10 Å². The van der Waals surface area contributed by atoms with Crippen LogP contribution >= 0.6 is 11.5 Å². The summed E-state index contributed by atoms with van der Waals surface area (Å²) in [6.45, 7) is 6.95. The van der Waals surface area contributed by atoms with Gasteiger partial charge in [0.2, 0.25) is 0 Å². The summed E-state index contributed by atoms with van der Waals surface area (Å²) in [5, 5.41) is 4.88. The molecule has 11 heteroatoms. The van der Waals surface area contributed by atoms with Crippen LogP contribution in [0.5, 0.6) is 0 Å². The topological polar surface area (TPSA) is 113 Å². The van der Waals surface area contributed by atoms with Gasteiger partial charge in [0.15, 0.2) is 0 Å². The predicted octanol–water partition coefficient (Wildman–Crippen LogP) is 1.78. The summed E-state index contributed by atoms with van der Waals surface area (Å²) < 4.78 is 14.7. The highest BCUT2D eigenvalue weighted by Crippen LogP contribution is 2.20. The second-order valence-electron chi connectivity index (χ2n) is 7.27. The number of ether oxygens (including phenoxy) is 1. The van der Waals surface area contributed by atoms with E-state index >= 15 is 0 Å². The normalized spacial score (nSPS) is 15.1. The van der Waals surface area contributed by atoms with Crippen molar-refractivity contribution in [3.8, 4) is 0 Å². The molecule has 2 N–H and O–H groups in total. The second kappa shape index (κ2) is 9.86. The zero-order chi connectivity index (χ0) is 21.6.